The lowest BCUT2D eigenvalue weighted by molar-refractivity contribution is -0.115. The minimum atomic E-state index is -5.52. The minimum Gasteiger partial charge on any atom is -0.497 e. The fourth-order valence-corrected chi connectivity index (χ4v) is 4.52. The van der Waals surface area contributed by atoms with Crippen molar-refractivity contribution in [3.63, 3.8) is 0 Å². The summed E-state index contributed by atoms with van der Waals surface area (Å²) in [6.45, 7) is 0.387. The number of ether oxygens (including phenoxy) is 2. The number of nitrogens with one attached hydrogen (secondary N) is 2. The summed E-state index contributed by atoms with van der Waals surface area (Å²) in [4.78, 5) is 17.0. The van der Waals surface area contributed by atoms with E-state index in [1.165, 1.54) is 16.9 Å². The van der Waals surface area contributed by atoms with E-state index in [2.05, 4.69) is 10.3 Å². The Hall–Kier alpha value is -3.97. The molecule has 1 amide bonds. The monoisotopic (exact) mass is 563 g/mol. The van der Waals surface area contributed by atoms with E-state index in [-0.39, 0.29) is 16.8 Å². The first-order valence-electron chi connectivity index (χ1n) is 10.9. The molecule has 38 heavy (non-hydrogen) atoms. The van der Waals surface area contributed by atoms with Gasteiger partial charge in [-0.3, -0.25) is 9.52 Å². The zero-order chi connectivity index (χ0) is 27.3. The fraction of sp³-hybridized carbons (Fsp3) is 0.120. The van der Waals surface area contributed by atoms with Crippen LogP contribution in [0.3, 0.4) is 0 Å². The number of anilines is 1. The molecule has 0 bridgehead atoms. The quantitative estimate of drug-likeness (QED) is 0.354. The van der Waals surface area contributed by atoms with Gasteiger partial charge in [0.2, 0.25) is 0 Å². The van der Waals surface area contributed by atoms with Crippen LogP contribution in [0.1, 0.15) is 11.1 Å². The second-order valence-corrected chi connectivity index (χ2v) is 10.5. The molecule has 0 saturated carbocycles. The predicted molar refractivity (Wildman–Crippen MR) is 140 cm³/mol. The predicted octanol–water partition coefficient (Wildman–Crippen LogP) is 5.43. The molecule has 1 fully saturated rings. The number of benzene rings is 3. The van der Waals surface area contributed by atoms with E-state index in [4.69, 9.17) is 9.47 Å². The topological polar surface area (TPSA) is 106 Å². The number of carbonyl (C=O) groups is 1. The van der Waals surface area contributed by atoms with Gasteiger partial charge in [-0.25, -0.2) is 4.99 Å². The first-order chi connectivity index (χ1) is 18.0. The SMILES string of the molecule is COc1ccc(COc2ccc(/C=C3/SC(=Nc4ccc(NS(=O)(=O)C(F)(F)F)cc4)NC3=O)cc2)cc1. The van der Waals surface area contributed by atoms with Crippen LogP contribution in [-0.2, 0) is 21.4 Å². The van der Waals surface area contributed by atoms with E-state index in [1.807, 2.05) is 24.3 Å². The van der Waals surface area contributed by atoms with Gasteiger partial charge in [-0.15, -0.1) is 0 Å². The number of aliphatic imine (C=N–C) groups is 1. The number of amides is 1. The summed E-state index contributed by atoms with van der Waals surface area (Å²) in [5.41, 5.74) is -3.64. The van der Waals surface area contributed by atoms with Crippen molar-refractivity contribution in [3.05, 3.63) is 88.8 Å². The summed E-state index contributed by atoms with van der Waals surface area (Å²) < 4.78 is 72.3. The van der Waals surface area contributed by atoms with Crippen molar-refractivity contribution in [2.24, 2.45) is 4.99 Å². The van der Waals surface area contributed by atoms with Crippen LogP contribution in [0.2, 0.25) is 0 Å². The van der Waals surface area contributed by atoms with Crippen LogP contribution in [0.25, 0.3) is 6.08 Å². The van der Waals surface area contributed by atoms with Gasteiger partial charge in [-0.1, -0.05) is 24.3 Å². The molecule has 3 aromatic carbocycles. The van der Waals surface area contributed by atoms with Crippen LogP contribution < -0.4 is 19.5 Å². The molecule has 2 N–H and O–H groups in total. The van der Waals surface area contributed by atoms with Crippen molar-refractivity contribution in [2.75, 3.05) is 11.8 Å². The maximum atomic E-state index is 12.5. The van der Waals surface area contributed by atoms with Gasteiger partial charge in [0.15, 0.2) is 5.17 Å². The van der Waals surface area contributed by atoms with E-state index in [0.29, 0.717) is 22.9 Å². The summed E-state index contributed by atoms with van der Waals surface area (Å²) in [7, 11) is -3.92. The van der Waals surface area contributed by atoms with Crippen LogP contribution in [0.5, 0.6) is 11.5 Å². The Bertz CT molecular complexity index is 1470. The summed E-state index contributed by atoms with van der Waals surface area (Å²) in [5.74, 6) is 1.07. The third-order valence-corrected chi connectivity index (χ3v) is 7.07. The third-order valence-electron chi connectivity index (χ3n) is 5.05. The standard InChI is InChI=1S/C25H20F3N3O5S2/c1-35-20-10-4-17(5-11-20)15-36-21-12-2-16(3-13-21)14-22-23(32)30-24(37-22)29-18-6-8-19(9-7-18)31-38(33,34)25(26,27)28/h2-14,31H,15H2,1H3,(H,29,30,32)/b22-14+. The van der Waals surface area contributed by atoms with Gasteiger partial charge in [0.05, 0.1) is 17.7 Å². The number of halogens is 3. The maximum Gasteiger partial charge on any atom is 0.516 e. The first kappa shape index (κ1) is 27.1. The number of rotatable bonds is 8. The van der Waals surface area contributed by atoms with Crippen molar-refractivity contribution in [2.45, 2.75) is 12.1 Å². The van der Waals surface area contributed by atoms with Gasteiger partial charge in [0, 0.05) is 5.69 Å². The molecule has 0 radical (unpaired) electrons. The van der Waals surface area contributed by atoms with Crippen molar-refractivity contribution in [1.82, 2.24) is 5.32 Å². The maximum absolute atomic E-state index is 12.5. The molecule has 198 valence electrons. The largest absolute Gasteiger partial charge is 0.516 e. The number of hydrogen-bond acceptors (Lipinski definition) is 7. The normalized spacial score (nSPS) is 15.9. The second-order valence-electron chi connectivity index (χ2n) is 7.79. The van der Waals surface area contributed by atoms with Crippen LogP contribution >= 0.6 is 11.8 Å². The number of hydrogen-bond donors (Lipinski definition) is 2. The highest BCUT2D eigenvalue weighted by Crippen LogP contribution is 2.30. The van der Waals surface area contributed by atoms with Crippen molar-refractivity contribution >= 4 is 50.3 Å². The fourth-order valence-electron chi connectivity index (χ4n) is 3.11. The molecule has 1 aliphatic rings. The van der Waals surface area contributed by atoms with Gasteiger partial charge in [-0.05, 0) is 77.5 Å². The van der Waals surface area contributed by atoms with Gasteiger partial charge in [0.25, 0.3) is 5.91 Å². The molecule has 0 unspecified atom stereocenters. The Labute approximate surface area is 220 Å². The van der Waals surface area contributed by atoms with Gasteiger partial charge in [0.1, 0.15) is 18.1 Å². The summed E-state index contributed by atoms with van der Waals surface area (Å²) in [6, 6.07) is 19.6. The summed E-state index contributed by atoms with van der Waals surface area (Å²) in [6.07, 6.45) is 1.69. The number of alkyl halides is 3. The zero-order valence-corrected chi connectivity index (χ0v) is 21.3. The Morgan fingerprint density at radius 1 is 0.974 bits per heavy atom. The molecule has 8 nitrogen and oxygen atoms in total. The number of amidine groups is 1. The molecule has 0 spiro atoms. The van der Waals surface area contributed by atoms with Crippen LogP contribution in [0.4, 0.5) is 24.5 Å². The minimum absolute atomic E-state index is 0.268. The number of sulfonamides is 1. The molecule has 0 aromatic heterocycles. The molecule has 1 saturated heterocycles. The van der Waals surface area contributed by atoms with Gasteiger partial charge >= 0.3 is 15.5 Å². The summed E-state index contributed by atoms with van der Waals surface area (Å²) >= 11 is 1.09. The third kappa shape index (κ3) is 6.86. The summed E-state index contributed by atoms with van der Waals surface area (Å²) in [5, 5.41) is 2.88. The molecule has 3 aromatic rings. The van der Waals surface area contributed by atoms with Crippen LogP contribution in [0, 0.1) is 0 Å². The lowest BCUT2D eigenvalue weighted by Gasteiger charge is -2.10. The average molecular weight is 564 g/mol. The number of thioether (sulfide) groups is 1. The molecular formula is C25H20F3N3O5S2. The van der Waals surface area contributed by atoms with Crippen molar-refractivity contribution in [1.29, 1.82) is 0 Å². The molecule has 1 heterocycles. The highest BCUT2D eigenvalue weighted by atomic mass is 32.2. The van der Waals surface area contributed by atoms with E-state index in [1.54, 1.807) is 37.5 Å². The first-order valence-corrected chi connectivity index (χ1v) is 13.2. The van der Waals surface area contributed by atoms with Gasteiger partial charge in [-0.2, -0.15) is 21.6 Å². The average Bonchev–Trinajstić information content (AvgIpc) is 3.22. The highest BCUT2D eigenvalue weighted by molar-refractivity contribution is 8.18. The Kier molecular flexibility index (Phi) is 7.97. The highest BCUT2D eigenvalue weighted by Gasteiger charge is 2.46. The zero-order valence-electron chi connectivity index (χ0n) is 19.7. The molecule has 4 rings (SSSR count). The van der Waals surface area contributed by atoms with E-state index in [0.717, 1.165) is 40.8 Å². The van der Waals surface area contributed by atoms with E-state index in [9.17, 15) is 26.4 Å². The van der Waals surface area contributed by atoms with Crippen LogP contribution in [0.15, 0.2) is 82.7 Å². The molecule has 1 aliphatic heterocycles. The molecule has 0 atom stereocenters. The van der Waals surface area contributed by atoms with E-state index < -0.39 is 15.5 Å². The molecule has 0 aliphatic carbocycles. The van der Waals surface area contributed by atoms with E-state index >= 15 is 0 Å². The Morgan fingerprint density at radius 2 is 1.61 bits per heavy atom. The molecular weight excluding hydrogens is 543 g/mol. The van der Waals surface area contributed by atoms with Crippen molar-refractivity contribution in [3.8, 4) is 11.5 Å². The Morgan fingerprint density at radius 3 is 2.21 bits per heavy atom. The lowest BCUT2D eigenvalue weighted by atomic mass is 10.2. The van der Waals surface area contributed by atoms with Gasteiger partial charge < -0.3 is 14.8 Å². The second kappa shape index (κ2) is 11.2. The number of methoxy groups -OCH3 is 1. The van der Waals surface area contributed by atoms with Crippen LogP contribution in [-0.4, -0.2) is 32.1 Å². The lowest BCUT2D eigenvalue weighted by Crippen LogP contribution is -2.29. The van der Waals surface area contributed by atoms with Crippen molar-refractivity contribution < 1.29 is 35.9 Å². The Balaban J connectivity index is 1.36. The number of carbonyl (C=O) groups excluding carboxylic acids is 1. The smallest absolute Gasteiger partial charge is 0.497 e. The molecule has 13 heteroatoms. The number of nitrogens with zero attached hydrogens (tertiary/aromatic N) is 1.